The summed E-state index contributed by atoms with van der Waals surface area (Å²) in [6.45, 7) is 1.30. The Morgan fingerprint density at radius 2 is 2.30 bits per heavy atom. The fourth-order valence-corrected chi connectivity index (χ4v) is 2.76. The van der Waals surface area contributed by atoms with E-state index >= 15 is 0 Å². The van der Waals surface area contributed by atoms with Gasteiger partial charge < -0.3 is 14.7 Å². The number of rotatable bonds is 3. The number of carbonyl (C=O) groups is 1. The number of pyridine rings is 1. The molecule has 1 fully saturated rings. The summed E-state index contributed by atoms with van der Waals surface area (Å²) < 4.78 is 5.33. The number of carboxylic acid groups (broad SMARTS) is 1. The molecule has 1 aliphatic rings. The van der Waals surface area contributed by atoms with Gasteiger partial charge in [0.2, 0.25) is 0 Å². The van der Waals surface area contributed by atoms with Crippen molar-refractivity contribution in [2.45, 2.75) is 6.42 Å². The fraction of sp³-hybridized carbons (Fsp3) is 0.333. The summed E-state index contributed by atoms with van der Waals surface area (Å²) in [7, 11) is 1.62. The van der Waals surface area contributed by atoms with Crippen LogP contribution in [0, 0.1) is 5.92 Å². The molecule has 5 nitrogen and oxygen atoms in total. The highest BCUT2D eigenvalue weighted by Crippen LogP contribution is 2.33. The highest BCUT2D eigenvalue weighted by Gasteiger charge is 2.29. The van der Waals surface area contributed by atoms with Crippen LogP contribution in [0.3, 0.4) is 0 Å². The molecule has 2 heterocycles. The van der Waals surface area contributed by atoms with Crippen LogP contribution in [0.1, 0.15) is 6.42 Å². The first-order valence-corrected chi connectivity index (χ1v) is 6.60. The van der Waals surface area contributed by atoms with E-state index in [2.05, 4.69) is 9.88 Å². The van der Waals surface area contributed by atoms with Crippen LogP contribution in [-0.2, 0) is 4.79 Å². The quantitative estimate of drug-likeness (QED) is 0.927. The van der Waals surface area contributed by atoms with Gasteiger partial charge in [0.15, 0.2) is 0 Å². The molecule has 1 aromatic heterocycles. The third kappa shape index (κ3) is 2.05. The number of fused-ring (bicyclic) bond motifs is 1. The molecule has 2 aromatic rings. The first-order valence-electron chi connectivity index (χ1n) is 6.60. The molecule has 5 heteroatoms. The molecule has 0 saturated carbocycles. The Morgan fingerprint density at radius 3 is 3.00 bits per heavy atom. The van der Waals surface area contributed by atoms with Crippen LogP contribution in [0.25, 0.3) is 10.9 Å². The van der Waals surface area contributed by atoms with Gasteiger partial charge in [0.1, 0.15) is 11.3 Å². The van der Waals surface area contributed by atoms with Crippen LogP contribution in [-0.4, -0.2) is 36.3 Å². The van der Waals surface area contributed by atoms with E-state index in [-0.39, 0.29) is 5.92 Å². The summed E-state index contributed by atoms with van der Waals surface area (Å²) in [5.41, 5.74) is 1.84. The van der Waals surface area contributed by atoms with Crippen LogP contribution in [0.5, 0.6) is 5.75 Å². The van der Waals surface area contributed by atoms with Crippen molar-refractivity contribution in [1.82, 2.24) is 4.98 Å². The average Bonchev–Trinajstić information content (AvgIpc) is 2.95. The minimum atomic E-state index is -0.719. The highest BCUT2D eigenvalue weighted by atomic mass is 16.5. The molecule has 20 heavy (non-hydrogen) atoms. The molecule has 3 rings (SSSR count). The normalized spacial score (nSPS) is 18.4. The summed E-state index contributed by atoms with van der Waals surface area (Å²) in [6.07, 6.45) is 2.43. The highest BCUT2D eigenvalue weighted by molar-refractivity contribution is 5.95. The zero-order valence-electron chi connectivity index (χ0n) is 11.2. The number of nitrogens with zero attached hydrogens (tertiary/aromatic N) is 2. The van der Waals surface area contributed by atoms with Crippen molar-refractivity contribution in [3.05, 3.63) is 30.5 Å². The van der Waals surface area contributed by atoms with Crippen molar-refractivity contribution in [2.75, 3.05) is 25.1 Å². The number of anilines is 1. The van der Waals surface area contributed by atoms with Gasteiger partial charge in [-0.25, -0.2) is 0 Å². The minimum Gasteiger partial charge on any atom is -0.494 e. The van der Waals surface area contributed by atoms with Crippen molar-refractivity contribution < 1.29 is 14.6 Å². The largest absolute Gasteiger partial charge is 0.494 e. The maximum Gasteiger partial charge on any atom is 0.308 e. The van der Waals surface area contributed by atoms with Crippen molar-refractivity contribution in [2.24, 2.45) is 5.92 Å². The zero-order valence-corrected chi connectivity index (χ0v) is 11.2. The molecular weight excluding hydrogens is 256 g/mol. The topological polar surface area (TPSA) is 62.7 Å². The van der Waals surface area contributed by atoms with E-state index < -0.39 is 5.97 Å². The lowest BCUT2D eigenvalue weighted by Gasteiger charge is -2.20. The SMILES string of the molecule is COc1cccc2c(N3CCC(C(=O)O)C3)ccnc12. The number of benzene rings is 1. The molecule has 0 radical (unpaired) electrons. The monoisotopic (exact) mass is 272 g/mol. The van der Waals surface area contributed by atoms with Crippen molar-refractivity contribution in [1.29, 1.82) is 0 Å². The number of hydrogen-bond acceptors (Lipinski definition) is 4. The molecule has 0 aliphatic carbocycles. The van der Waals surface area contributed by atoms with Crippen molar-refractivity contribution in [3.8, 4) is 5.75 Å². The first-order chi connectivity index (χ1) is 9.70. The van der Waals surface area contributed by atoms with Gasteiger partial charge in [-0.05, 0) is 18.6 Å². The Hall–Kier alpha value is -2.30. The van der Waals surface area contributed by atoms with E-state index in [1.165, 1.54) is 0 Å². The maximum atomic E-state index is 11.1. The number of aliphatic carboxylic acids is 1. The molecule has 104 valence electrons. The van der Waals surface area contributed by atoms with Crippen LogP contribution < -0.4 is 9.64 Å². The number of hydrogen-bond donors (Lipinski definition) is 1. The second-order valence-electron chi connectivity index (χ2n) is 4.96. The van der Waals surface area contributed by atoms with E-state index in [9.17, 15) is 4.79 Å². The third-order valence-corrected chi connectivity index (χ3v) is 3.81. The fourth-order valence-electron chi connectivity index (χ4n) is 2.76. The summed E-state index contributed by atoms with van der Waals surface area (Å²) in [6, 6.07) is 7.74. The van der Waals surface area contributed by atoms with Crippen molar-refractivity contribution >= 4 is 22.6 Å². The van der Waals surface area contributed by atoms with Gasteiger partial charge in [-0.1, -0.05) is 12.1 Å². The van der Waals surface area contributed by atoms with Gasteiger partial charge >= 0.3 is 5.97 Å². The Labute approximate surface area is 116 Å². The van der Waals surface area contributed by atoms with Gasteiger partial charge in [-0.2, -0.15) is 0 Å². The van der Waals surface area contributed by atoms with E-state index in [1.54, 1.807) is 13.3 Å². The maximum absolute atomic E-state index is 11.1. The lowest BCUT2D eigenvalue weighted by molar-refractivity contribution is -0.140. The molecular formula is C15H16N2O3. The summed E-state index contributed by atoms with van der Waals surface area (Å²) >= 11 is 0. The molecule has 1 saturated heterocycles. The zero-order chi connectivity index (χ0) is 14.1. The molecule has 0 spiro atoms. The van der Waals surface area contributed by atoms with Crippen LogP contribution in [0.15, 0.2) is 30.5 Å². The van der Waals surface area contributed by atoms with Crippen LogP contribution >= 0.6 is 0 Å². The standard InChI is InChI=1S/C15H16N2O3/c1-20-13-4-2-3-11-12(5-7-16-14(11)13)17-8-6-10(9-17)15(18)19/h2-5,7,10H,6,8-9H2,1H3,(H,18,19). The predicted molar refractivity (Wildman–Crippen MR) is 76.3 cm³/mol. The second-order valence-corrected chi connectivity index (χ2v) is 4.96. The summed E-state index contributed by atoms with van der Waals surface area (Å²) in [4.78, 5) is 17.6. The summed E-state index contributed by atoms with van der Waals surface area (Å²) in [5.74, 6) is -0.273. The smallest absolute Gasteiger partial charge is 0.308 e. The van der Waals surface area contributed by atoms with E-state index in [1.807, 2.05) is 24.3 Å². The lowest BCUT2D eigenvalue weighted by Crippen LogP contribution is -2.22. The second kappa shape index (κ2) is 5.00. The van der Waals surface area contributed by atoms with Gasteiger partial charge in [0.05, 0.1) is 13.0 Å². The predicted octanol–water partition coefficient (Wildman–Crippen LogP) is 2.15. The van der Waals surface area contributed by atoms with Crippen LogP contribution in [0.4, 0.5) is 5.69 Å². The van der Waals surface area contributed by atoms with Crippen LogP contribution in [0.2, 0.25) is 0 Å². The Bertz CT molecular complexity index is 657. The van der Waals surface area contributed by atoms with Crippen molar-refractivity contribution in [3.63, 3.8) is 0 Å². The van der Waals surface area contributed by atoms with Gasteiger partial charge in [-0.15, -0.1) is 0 Å². The van der Waals surface area contributed by atoms with Gasteiger partial charge in [0.25, 0.3) is 0 Å². The Kier molecular flexibility index (Phi) is 3.18. The molecule has 1 N–H and O–H groups in total. The Morgan fingerprint density at radius 1 is 1.45 bits per heavy atom. The molecule has 0 amide bonds. The molecule has 1 aliphatic heterocycles. The molecule has 1 aromatic carbocycles. The Balaban J connectivity index is 2.03. The summed E-state index contributed by atoms with van der Waals surface area (Å²) in [5, 5.41) is 10.1. The number of methoxy groups -OCH3 is 1. The number of carboxylic acids is 1. The molecule has 1 atom stereocenters. The van der Waals surface area contributed by atoms with E-state index in [0.29, 0.717) is 13.0 Å². The molecule has 0 bridgehead atoms. The first kappa shape index (κ1) is 12.7. The third-order valence-electron chi connectivity index (χ3n) is 3.81. The molecule has 1 unspecified atom stereocenters. The number of para-hydroxylation sites is 1. The lowest BCUT2D eigenvalue weighted by atomic mass is 10.1. The minimum absolute atomic E-state index is 0.288. The number of ether oxygens (including phenoxy) is 1. The van der Waals surface area contributed by atoms with Gasteiger partial charge in [-0.3, -0.25) is 9.78 Å². The average molecular weight is 272 g/mol. The van der Waals surface area contributed by atoms with E-state index in [4.69, 9.17) is 9.84 Å². The van der Waals surface area contributed by atoms with Gasteiger partial charge in [0, 0.05) is 30.4 Å². The van der Waals surface area contributed by atoms with E-state index in [0.717, 1.165) is 28.9 Å². The number of aromatic nitrogens is 1.